The number of oxime groups is 1. The Morgan fingerprint density at radius 2 is 1.75 bits per heavy atom. The Morgan fingerprint density at radius 3 is 2.55 bits per heavy atom. The predicted octanol–water partition coefficient (Wildman–Crippen LogP) is 3.60. The van der Waals surface area contributed by atoms with Gasteiger partial charge in [0.15, 0.2) is 0 Å². The van der Waals surface area contributed by atoms with E-state index in [2.05, 4.69) is 10.1 Å². The first kappa shape index (κ1) is 13.9. The molecule has 20 heavy (non-hydrogen) atoms. The zero-order valence-electron chi connectivity index (χ0n) is 10.9. The molecule has 2 aromatic carbocycles. The quantitative estimate of drug-likeness (QED) is 0.583. The number of aliphatic imine (C=N–C) groups is 1. The lowest BCUT2D eigenvalue weighted by molar-refractivity contribution is 0.132. The summed E-state index contributed by atoms with van der Waals surface area (Å²) >= 11 is 0. The zero-order valence-corrected chi connectivity index (χ0v) is 10.9. The number of benzene rings is 2. The van der Waals surface area contributed by atoms with Gasteiger partial charge in [0.2, 0.25) is 0 Å². The second-order valence-electron chi connectivity index (χ2n) is 4.13. The van der Waals surface area contributed by atoms with Crippen molar-refractivity contribution in [3.63, 3.8) is 0 Å². The van der Waals surface area contributed by atoms with Crippen LogP contribution in [0.3, 0.4) is 0 Å². The van der Waals surface area contributed by atoms with Gasteiger partial charge in [0, 0.05) is 6.21 Å². The van der Waals surface area contributed by atoms with Gasteiger partial charge in [-0.2, -0.15) is 0 Å². The van der Waals surface area contributed by atoms with Gasteiger partial charge in [-0.05, 0) is 23.3 Å². The first-order valence-electron chi connectivity index (χ1n) is 6.27. The summed E-state index contributed by atoms with van der Waals surface area (Å²) in [5.74, 6) is -0.252. The number of hydrogen-bond acceptors (Lipinski definition) is 3. The second kappa shape index (κ2) is 7.84. The molecule has 0 bridgehead atoms. The highest BCUT2D eigenvalue weighted by atomic mass is 19.1. The molecular formula is C16H15FN2O. The molecule has 0 atom stereocenters. The normalized spacial score (nSPS) is 11.2. The van der Waals surface area contributed by atoms with Crippen LogP contribution in [0, 0.1) is 5.82 Å². The molecule has 0 spiro atoms. The first-order valence-corrected chi connectivity index (χ1v) is 6.27. The van der Waals surface area contributed by atoms with Crippen molar-refractivity contribution < 1.29 is 9.23 Å². The van der Waals surface area contributed by atoms with Gasteiger partial charge in [0.05, 0.1) is 12.8 Å². The van der Waals surface area contributed by atoms with E-state index in [9.17, 15) is 4.39 Å². The molecule has 2 aromatic rings. The highest BCUT2D eigenvalue weighted by molar-refractivity contribution is 6.15. The lowest BCUT2D eigenvalue weighted by Crippen LogP contribution is -1.88. The number of rotatable bonds is 6. The van der Waals surface area contributed by atoms with E-state index in [1.807, 2.05) is 36.4 Å². The average molecular weight is 270 g/mol. The maximum Gasteiger partial charge on any atom is 0.142 e. The van der Waals surface area contributed by atoms with Crippen LogP contribution < -0.4 is 0 Å². The maximum atomic E-state index is 12.9. The molecule has 0 heterocycles. The number of nitrogens with zero attached hydrogens (tertiary/aromatic N) is 2. The minimum Gasteiger partial charge on any atom is -0.391 e. The van der Waals surface area contributed by atoms with Crippen molar-refractivity contribution in [2.45, 2.75) is 13.2 Å². The van der Waals surface area contributed by atoms with Crippen molar-refractivity contribution in [3.8, 4) is 0 Å². The standard InChI is InChI=1S/C16H15FN2O/c17-16-8-4-7-15(11-16)12-18-9-10-19-20-13-14-5-2-1-3-6-14/h1-11H,12-13H2/b18-9?,19-10+. The highest BCUT2D eigenvalue weighted by Gasteiger charge is 1.92. The molecule has 0 N–H and O–H groups in total. The largest absolute Gasteiger partial charge is 0.391 e. The Balaban J connectivity index is 1.69. The van der Waals surface area contributed by atoms with Gasteiger partial charge in [0.25, 0.3) is 0 Å². The smallest absolute Gasteiger partial charge is 0.142 e. The van der Waals surface area contributed by atoms with E-state index >= 15 is 0 Å². The summed E-state index contributed by atoms with van der Waals surface area (Å²) in [4.78, 5) is 9.22. The summed E-state index contributed by atoms with van der Waals surface area (Å²) in [7, 11) is 0. The molecule has 0 aromatic heterocycles. The Kier molecular flexibility index (Phi) is 5.46. The third kappa shape index (κ3) is 5.02. The molecule has 0 fully saturated rings. The Hall–Kier alpha value is -2.49. The van der Waals surface area contributed by atoms with Crippen LogP contribution in [0.1, 0.15) is 11.1 Å². The van der Waals surface area contributed by atoms with Gasteiger partial charge in [-0.25, -0.2) is 4.39 Å². The SMILES string of the molecule is Fc1cccc(CN=C/C=N/OCc2ccccc2)c1. The van der Waals surface area contributed by atoms with Crippen LogP contribution in [0.25, 0.3) is 0 Å². The van der Waals surface area contributed by atoms with E-state index < -0.39 is 0 Å². The van der Waals surface area contributed by atoms with E-state index in [1.165, 1.54) is 24.6 Å². The van der Waals surface area contributed by atoms with Gasteiger partial charge < -0.3 is 4.84 Å². The predicted molar refractivity (Wildman–Crippen MR) is 78.3 cm³/mol. The molecule has 4 heteroatoms. The molecule has 3 nitrogen and oxygen atoms in total. The lowest BCUT2D eigenvalue weighted by atomic mass is 10.2. The van der Waals surface area contributed by atoms with E-state index in [0.717, 1.165) is 11.1 Å². The Bertz CT molecular complexity index is 582. The van der Waals surface area contributed by atoms with Crippen molar-refractivity contribution in [1.29, 1.82) is 0 Å². The summed E-state index contributed by atoms with van der Waals surface area (Å²) < 4.78 is 12.9. The third-order valence-electron chi connectivity index (χ3n) is 2.54. The number of hydrogen-bond donors (Lipinski definition) is 0. The molecular weight excluding hydrogens is 255 g/mol. The van der Waals surface area contributed by atoms with Gasteiger partial charge >= 0.3 is 0 Å². The monoisotopic (exact) mass is 270 g/mol. The van der Waals surface area contributed by atoms with E-state index in [0.29, 0.717) is 13.2 Å². The fourth-order valence-electron chi connectivity index (χ4n) is 1.60. The summed E-state index contributed by atoms with van der Waals surface area (Å²) in [6.07, 6.45) is 3.01. The summed E-state index contributed by atoms with van der Waals surface area (Å²) in [5, 5.41) is 3.77. The molecule has 0 unspecified atom stereocenters. The summed E-state index contributed by atoms with van der Waals surface area (Å²) in [6, 6.07) is 16.1. The maximum absolute atomic E-state index is 12.9. The molecule has 0 aliphatic rings. The molecule has 2 rings (SSSR count). The van der Waals surface area contributed by atoms with E-state index in [1.54, 1.807) is 6.07 Å². The lowest BCUT2D eigenvalue weighted by Gasteiger charge is -1.97. The molecule has 0 aliphatic heterocycles. The van der Waals surface area contributed by atoms with Crippen LogP contribution in [-0.2, 0) is 18.0 Å². The van der Waals surface area contributed by atoms with E-state index in [4.69, 9.17) is 4.84 Å². The molecule has 0 saturated heterocycles. The van der Waals surface area contributed by atoms with Crippen LogP contribution >= 0.6 is 0 Å². The van der Waals surface area contributed by atoms with Crippen molar-refractivity contribution in [3.05, 3.63) is 71.5 Å². The van der Waals surface area contributed by atoms with Crippen LogP contribution in [0.15, 0.2) is 64.7 Å². The average Bonchev–Trinajstić information content (AvgIpc) is 2.47. The van der Waals surface area contributed by atoms with E-state index in [-0.39, 0.29) is 5.82 Å². The Labute approximate surface area is 117 Å². The van der Waals surface area contributed by atoms with Crippen LogP contribution in [0.4, 0.5) is 4.39 Å². The first-order chi connectivity index (χ1) is 9.84. The van der Waals surface area contributed by atoms with Crippen LogP contribution in [0.2, 0.25) is 0 Å². The third-order valence-corrected chi connectivity index (χ3v) is 2.54. The van der Waals surface area contributed by atoms with Crippen molar-refractivity contribution in [2.75, 3.05) is 0 Å². The second-order valence-corrected chi connectivity index (χ2v) is 4.13. The molecule has 0 amide bonds. The van der Waals surface area contributed by atoms with Gasteiger partial charge in [-0.3, -0.25) is 4.99 Å². The van der Waals surface area contributed by atoms with Gasteiger partial charge in [-0.1, -0.05) is 47.6 Å². The molecule has 0 radical (unpaired) electrons. The minimum atomic E-state index is -0.252. The Morgan fingerprint density at radius 1 is 0.950 bits per heavy atom. The van der Waals surface area contributed by atoms with Crippen molar-refractivity contribution >= 4 is 12.4 Å². The summed E-state index contributed by atoms with van der Waals surface area (Å²) in [5.41, 5.74) is 1.88. The topological polar surface area (TPSA) is 34.0 Å². The molecule has 102 valence electrons. The van der Waals surface area contributed by atoms with Gasteiger partial charge in [0.1, 0.15) is 12.4 Å². The molecule has 0 aliphatic carbocycles. The fourth-order valence-corrected chi connectivity index (χ4v) is 1.60. The molecule has 0 saturated carbocycles. The zero-order chi connectivity index (χ0) is 14.0. The summed E-state index contributed by atoms with van der Waals surface area (Å²) in [6.45, 7) is 0.845. The fraction of sp³-hybridized carbons (Fsp3) is 0.125. The minimum absolute atomic E-state index is 0.252. The van der Waals surface area contributed by atoms with Crippen molar-refractivity contribution in [1.82, 2.24) is 0 Å². The van der Waals surface area contributed by atoms with Crippen molar-refractivity contribution in [2.24, 2.45) is 10.1 Å². The van der Waals surface area contributed by atoms with Gasteiger partial charge in [-0.15, -0.1) is 0 Å². The highest BCUT2D eigenvalue weighted by Crippen LogP contribution is 2.04. The number of halogens is 1. The van der Waals surface area contributed by atoms with Crippen LogP contribution in [-0.4, -0.2) is 12.4 Å². The van der Waals surface area contributed by atoms with Crippen LogP contribution in [0.5, 0.6) is 0 Å².